The minimum Gasteiger partial charge on any atom is -0.337 e. The molecule has 124 valence electrons. The lowest BCUT2D eigenvalue weighted by atomic mass is 9.88. The second kappa shape index (κ2) is 5.75. The molecule has 2 aromatic carbocycles. The Morgan fingerprint density at radius 1 is 1.08 bits per heavy atom. The van der Waals surface area contributed by atoms with Crippen LogP contribution in [0.4, 0.5) is 5.69 Å². The van der Waals surface area contributed by atoms with Crippen molar-refractivity contribution < 1.29 is 9.69 Å². The van der Waals surface area contributed by atoms with Crippen LogP contribution in [0.15, 0.2) is 42.5 Å². The van der Waals surface area contributed by atoms with Crippen LogP contribution in [0.25, 0.3) is 0 Å². The Labute approximate surface area is 143 Å². The average molecular weight is 321 g/mol. The molecule has 24 heavy (non-hydrogen) atoms. The first-order valence-electron chi connectivity index (χ1n) is 8.86. The molecule has 2 aliphatic rings. The predicted octanol–water partition coefficient (Wildman–Crippen LogP) is 2.33. The summed E-state index contributed by atoms with van der Waals surface area (Å²) in [6, 6.07) is 14.8. The lowest BCUT2D eigenvalue weighted by Gasteiger charge is -2.34. The van der Waals surface area contributed by atoms with E-state index in [1.54, 1.807) is 4.90 Å². The Morgan fingerprint density at radius 2 is 1.79 bits per heavy atom. The predicted molar refractivity (Wildman–Crippen MR) is 96.9 cm³/mol. The molecular formula is C21H25N2O+. The number of rotatable bonds is 1. The summed E-state index contributed by atoms with van der Waals surface area (Å²) in [6.45, 7) is 6.43. The van der Waals surface area contributed by atoms with Gasteiger partial charge in [-0.1, -0.05) is 35.4 Å². The fourth-order valence-corrected chi connectivity index (χ4v) is 4.30. The van der Waals surface area contributed by atoms with Crippen LogP contribution in [0.5, 0.6) is 0 Å². The number of aryl methyl sites for hydroxylation is 2. The maximum atomic E-state index is 13.3. The van der Waals surface area contributed by atoms with Gasteiger partial charge in [0, 0.05) is 17.7 Å². The highest BCUT2D eigenvalue weighted by molar-refractivity contribution is 6.08. The molecule has 0 saturated carbocycles. The topological polar surface area (TPSA) is 24.8 Å². The van der Waals surface area contributed by atoms with Crippen molar-refractivity contribution in [2.75, 3.05) is 25.0 Å². The smallest absolute Gasteiger partial charge is 0.258 e. The molecule has 0 spiro atoms. The van der Waals surface area contributed by atoms with Crippen LogP contribution in [0.1, 0.15) is 39.4 Å². The van der Waals surface area contributed by atoms with Crippen LogP contribution in [-0.4, -0.2) is 32.1 Å². The lowest BCUT2D eigenvalue weighted by Crippen LogP contribution is -3.11. The number of nitrogens with one attached hydrogen (secondary N) is 1. The molecule has 0 aliphatic carbocycles. The van der Waals surface area contributed by atoms with Gasteiger partial charge in [0.25, 0.3) is 5.91 Å². The quantitative estimate of drug-likeness (QED) is 0.857. The Balaban J connectivity index is 1.77. The minimum absolute atomic E-state index is 0.146. The van der Waals surface area contributed by atoms with E-state index in [0.29, 0.717) is 12.0 Å². The molecule has 2 aromatic rings. The monoisotopic (exact) mass is 321 g/mol. The SMILES string of the molecule is Cc1ccc(C(=O)N2c3ccc(C)cc3[C@@H]3C[NH+](C)CC[C@@H]32)cc1. The van der Waals surface area contributed by atoms with Gasteiger partial charge in [0.2, 0.25) is 0 Å². The van der Waals surface area contributed by atoms with E-state index in [-0.39, 0.29) is 5.91 Å². The van der Waals surface area contributed by atoms with Crippen molar-refractivity contribution in [1.82, 2.24) is 0 Å². The van der Waals surface area contributed by atoms with Gasteiger partial charge in [0.1, 0.15) is 0 Å². The highest BCUT2D eigenvalue weighted by atomic mass is 16.2. The number of hydrogen-bond donors (Lipinski definition) is 1. The molecule has 3 atom stereocenters. The van der Waals surface area contributed by atoms with Gasteiger partial charge in [-0.2, -0.15) is 0 Å². The summed E-state index contributed by atoms with van der Waals surface area (Å²) in [4.78, 5) is 16.9. The molecule has 3 nitrogen and oxygen atoms in total. The van der Waals surface area contributed by atoms with Crippen molar-refractivity contribution >= 4 is 11.6 Å². The molecule has 1 unspecified atom stereocenters. The summed E-state index contributed by atoms with van der Waals surface area (Å²) < 4.78 is 0. The number of carbonyl (C=O) groups excluding carboxylic acids is 1. The highest BCUT2D eigenvalue weighted by Gasteiger charge is 2.45. The molecule has 0 radical (unpaired) electrons. The second-order valence-electron chi connectivity index (χ2n) is 7.48. The molecule has 1 N–H and O–H groups in total. The summed E-state index contributed by atoms with van der Waals surface area (Å²) in [5, 5.41) is 0. The number of anilines is 1. The zero-order valence-electron chi connectivity index (χ0n) is 14.7. The molecule has 3 heteroatoms. The number of quaternary nitrogens is 1. The fraction of sp³-hybridized carbons (Fsp3) is 0.381. The zero-order valence-corrected chi connectivity index (χ0v) is 14.7. The largest absolute Gasteiger partial charge is 0.337 e. The summed E-state index contributed by atoms with van der Waals surface area (Å²) in [7, 11) is 2.26. The summed E-state index contributed by atoms with van der Waals surface area (Å²) in [5.74, 6) is 0.607. The van der Waals surface area contributed by atoms with E-state index >= 15 is 0 Å². The fourth-order valence-electron chi connectivity index (χ4n) is 4.30. The summed E-state index contributed by atoms with van der Waals surface area (Å²) in [5.41, 5.74) is 5.74. The molecule has 4 rings (SSSR count). The molecule has 2 heterocycles. The first kappa shape index (κ1) is 15.4. The average Bonchev–Trinajstić information content (AvgIpc) is 2.88. The highest BCUT2D eigenvalue weighted by Crippen LogP contribution is 2.43. The van der Waals surface area contributed by atoms with E-state index in [2.05, 4.69) is 44.0 Å². The van der Waals surface area contributed by atoms with E-state index in [1.165, 1.54) is 16.7 Å². The maximum absolute atomic E-state index is 13.3. The number of likely N-dealkylation sites (N-methyl/N-ethyl adjacent to an activating group) is 1. The third-order valence-corrected chi connectivity index (χ3v) is 5.59. The Bertz CT molecular complexity index is 781. The first-order chi connectivity index (χ1) is 11.5. The third-order valence-electron chi connectivity index (χ3n) is 5.59. The number of benzene rings is 2. The van der Waals surface area contributed by atoms with Crippen LogP contribution in [-0.2, 0) is 0 Å². The van der Waals surface area contributed by atoms with Crippen molar-refractivity contribution in [3.8, 4) is 0 Å². The Kier molecular flexibility index (Phi) is 3.69. The molecule has 2 aliphatic heterocycles. The molecule has 1 amide bonds. The van der Waals surface area contributed by atoms with Crippen LogP contribution in [0, 0.1) is 13.8 Å². The van der Waals surface area contributed by atoms with Crippen molar-refractivity contribution in [3.63, 3.8) is 0 Å². The van der Waals surface area contributed by atoms with E-state index in [4.69, 9.17) is 0 Å². The molecule has 1 saturated heterocycles. The summed E-state index contributed by atoms with van der Waals surface area (Å²) in [6.07, 6.45) is 1.07. The third kappa shape index (κ3) is 2.44. The lowest BCUT2D eigenvalue weighted by molar-refractivity contribution is -0.886. The van der Waals surface area contributed by atoms with Crippen LogP contribution >= 0.6 is 0 Å². The van der Waals surface area contributed by atoms with Gasteiger partial charge in [-0.05, 0) is 37.6 Å². The van der Waals surface area contributed by atoms with Gasteiger partial charge in [-0.3, -0.25) is 4.79 Å². The molecule has 1 fully saturated rings. The van der Waals surface area contributed by atoms with Crippen molar-refractivity contribution in [1.29, 1.82) is 0 Å². The minimum atomic E-state index is 0.146. The van der Waals surface area contributed by atoms with E-state index in [9.17, 15) is 4.79 Å². The van der Waals surface area contributed by atoms with Gasteiger partial charge < -0.3 is 9.80 Å². The normalized spacial score (nSPS) is 25.3. The van der Waals surface area contributed by atoms with Crippen LogP contribution < -0.4 is 9.80 Å². The number of piperidine rings is 1. The Hall–Kier alpha value is -2.13. The molecule has 0 bridgehead atoms. The number of nitrogens with zero attached hydrogens (tertiary/aromatic N) is 1. The van der Waals surface area contributed by atoms with Gasteiger partial charge in [0.15, 0.2) is 0 Å². The van der Waals surface area contributed by atoms with Gasteiger partial charge in [-0.25, -0.2) is 0 Å². The van der Waals surface area contributed by atoms with Crippen LogP contribution in [0.3, 0.4) is 0 Å². The van der Waals surface area contributed by atoms with Gasteiger partial charge >= 0.3 is 0 Å². The van der Waals surface area contributed by atoms with E-state index < -0.39 is 0 Å². The first-order valence-corrected chi connectivity index (χ1v) is 8.86. The van der Waals surface area contributed by atoms with Crippen molar-refractivity contribution in [3.05, 3.63) is 64.7 Å². The van der Waals surface area contributed by atoms with Gasteiger partial charge in [-0.15, -0.1) is 0 Å². The van der Waals surface area contributed by atoms with Crippen molar-refractivity contribution in [2.24, 2.45) is 0 Å². The Morgan fingerprint density at radius 3 is 2.54 bits per heavy atom. The second-order valence-corrected chi connectivity index (χ2v) is 7.48. The van der Waals surface area contributed by atoms with Crippen molar-refractivity contribution in [2.45, 2.75) is 32.2 Å². The number of carbonyl (C=O) groups is 1. The maximum Gasteiger partial charge on any atom is 0.258 e. The number of likely N-dealkylation sites (tertiary alicyclic amines) is 1. The van der Waals surface area contributed by atoms with E-state index in [0.717, 1.165) is 30.8 Å². The number of hydrogen-bond acceptors (Lipinski definition) is 1. The standard InChI is InChI=1S/C21H24N2O/c1-14-4-7-16(8-5-14)21(24)23-19-9-6-15(2)12-17(19)18-13-22(3)11-10-20(18)23/h4-9,12,18,20H,10-11,13H2,1-3H3/p+1/t18-,20-/m0/s1. The number of amides is 1. The van der Waals surface area contributed by atoms with Gasteiger partial charge in [0.05, 0.1) is 32.1 Å². The zero-order chi connectivity index (χ0) is 16.8. The molecular weight excluding hydrogens is 296 g/mol. The van der Waals surface area contributed by atoms with Crippen LogP contribution in [0.2, 0.25) is 0 Å². The van der Waals surface area contributed by atoms with E-state index in [1.807, 2.05) is 24.3 Å². The molecule has 0 aromatic heterocycles. The summed E-state index contributed by atoms with van der Waals surface area (Å²) >= 11 is 0. The number of fused-ring (bicyclic) bond motifs is 3.